The van der Waals surface area contributed by atoms with Gasteiger partial charge in [-0.05, 0) is 59.0 Å². The van der Waals surface area contributed by atoms with Gasteiger partial charge in [0, 0.05) is 25.7 Å². The molecule has 4 aromatic rings. The molecule has 8 heteroatoms. The predicted molar refractivity (Wildman–Crippen MR) is 139 cm³/mol. The van der Waals surface area contributed by atoms with Gasteiger partial charge in [-0.2, -0.15) is 0 Å². The number of benzene rings is 3. The Balaban J connectivity index is 1.73. The molecule has 0 N–H and O–H groups in total. The van der Waals surface area contributed by atoms with E-state index in [1.807, 2.05) is 30.5 Å². The van der Waals surface area contributed by atoms with E-state index in [0.717, 1.165) is 26.4 Å². The number of carbonyl (C=O) groups is 1. The summed E-state index contributed by atoms with van der Waals surface area (Å²) in [6.45, 7) is 4.19. The number of hydrogen-bond acceptors (Lipinski definition) is 5. The molecule has 0 radical (unpaired) electrons. The quantitative estimate of drug-likeness (QED) is 0.230. The van der Waals surface area contributed by atoms with Gasteiger partial charge < -0.3 is 4.74 Å². The lowest BCUT2D eigenvalue weighted by Crippen LogP contribution is -2.22. The summed E-state index contributed by atoms with van der Waals surface area (Å²) in [5.41, 5.74) is 3.73. The van der Waals surface area contributed by atoms with Crippen LogP contribution in [0.25, 0.3) is 22.0 Å². The van der Waals surface area contributed by atoms with Crippen molar-refractivity contribution in [2.24, 2.45) is 0 Å². The van der Waals surface area contributed by atoms with Gasteiger partial charge in [0.2, 0.25) is 10.0 Å². The summed E-state index contributed by atoms with van der Waals surface area (Å²) in [5, 5.41) is 1.47. The highest BCUT2D eigenvalue weighted by Crippen LogP contribution is 2.38. The van der Waals surface area contributed by atoms with Gasteiger partial charge in [-0.1, -0.05) is 55.8 Å². The minimum atomic E-state index is -3.68. The molecule has 0 saturated heterocycles. The predicted octanol–water partition coefficient (Wildman–Crippen LogP) is 6.15. The summed E-state index contributed by atoms with van der Waals surface area (Å²) in [5.74, 6) is -0.104. The molecule has 0 aliphatic carbocycles. The van der Waals surface area contributed by atoms with Gasteiger partial charge >= 0.3 is 5.97 Å². The fraction of sp³-hybridized carbons (Fsp3) is 0.185. The molecule has 35 heavy (non-hydrogen) atoms. The zero-order valence-corrected chi connectivity index (χ0v) is 21.4. The topological polar surface area (TPSA) is 76.6 Å². The lowest BCUT2D eigenvalue weighted by molar-refractivity contribution is 0.0734. The number of para-hydroxylation sites is 1. The summed E-state index contributed by atoms with van der Waals surface area (Å²) >= 11 is 6.40. The first-order valence-electron chi connectivity index (χ1n) is 11.0. The van der Waals surface area contributed by atoms with E-state index in [2.05, 4.69) is 18.8 Å². The third-order valence-corrected chi connectivity index (χ3v) is 7.80. The standard InChI is InChI=1S/C27H25ClN2O4S/c1-17(2)23-16-29-26-22(12-7-13-24(26)28)25(23)18-8-5-10-20(14-18)34-27(31)19-9-6-11-21(15-19)35(32,33)30(3)4/h5-17H,1-4H3. The second kappa shape index (κ2) is 9.77. The van der Waals surface area contributed by atoms with Crippen LogP contribution in [-0.2, 0) is 10.0 Å². The lowest BCUT2D eigenvalue weighted by atomic mass is 9.91. The molecule has 0 saturated carbocycles. The molecule has 0 bridgehead atoms. The first-order chi connectivity index (χ1) is 16.6. The van der Waals surface area contributed by atoms with Crippen molar-refractivity contribution in [1.29, 1.82) is 0 Å². The van der Waals surface area contributed by atoms with Crippen LogP contribution in [0.2, 0.25) is 5.02 Å². The Kier molecular flexibility index (Phi) is 6.94. The number of rotatable bonds is 6. The van der Waals surface area contributed by atoms with Crippen molar-refractivity contribution in [2.75, 3.05) is 14.1 Å². The average molecular weight is 509 g/mol. The third kappa shape index (κ3) is 4.93. The molecule has 6 nitrogen and oxygen atoms in total. The number of halogens is 1. The van der Waals surface area contributed by atoms with Crippen molar-refractivity contribution >= 4 is 38.5 Å². The van der Waals surface area contributed by atoms with Crippen LogP contribution < -0.4 is 4.74 Å². The van der Waals surface area contributed by atoms with E-state index < -0.39 is 16.0 Å². The molecule has 0 atom stereocenters. The fourth-order valence-corrected chi connectivity index (χ4v) is 5.01. The van der Waals surface area contributed by atoms with Gasteiger partial charge in [0.05, 0.1) is 21.0 Å². The highest BCUT2D eigenvalue weighted by atomic mass is 35.5. The molecular weight excluding hydrogens is 484 g/mol. The smallest absolute Gasteiger partial charge is 0.343 e. The van der Waals surface area contributed by atoms with Crippen molar-refractivity contribution in [3.05, 3.63) is 89.1 Å². The maximum absolute atomic E-state index is 12.9. The number of sulfonamides is 1. The van der Waals surface area contributed by atoms with Gasteiger partial charge in [-0.15, -0.1) is 0 Å². The van der Waals surface area contributed by atoms with Crippen LogP contribution in [0.5, 0.6) is 5.75 Å². The number of ether oxygens (including phenoxy) is 1. The summed E-state index contributed by atoms with van der Waals surface area (Å²) in [6.07, 6.45) is 1.84. The Hall–Kier alpha value is -3.26. The van der Waals surface area contributed by atoms with Gasteiger partial charge in [-0.25, -0.2) is 17.5 Å². The minimum absolute atomic E-state index is 0.0207. The number of carbonyl (C=O) groups excluding carboxylic acids is 1. The van der Waals surface area contributed by atoms with Crippen LogP contribution >= 0.6 is 11.6 Å². The largest absolute Gasteiger partial charge is 0.423 e. The van der Waals surface area contributed by atoms with Gasteiger partial charge in [0.1, 0.15) is 5.75 Å². The Morgan fingerprint density at radius 2 is 1.71 bits per heavy atom. The zero-order chi connectivity index (χ0) is 25.3. The Labute approximate surface area is 210 Å². The maximum Gasteiger partial charge on any atom is 0.343 e. The molecule has 0 unspecified atom stereocenters. The molecule has 0 aliphatic rings. The first kappa shape index (κ1) is 24.9. The Morgan fingerprint density at radius 3 is 2.43 bits per heavy atom. The molecule has 180 valence electrons. The van der Waals surface area contributed by atoms with Crippen LogP contribution in [-0.4, -0.2) is 37.8 Å². The number of nitrogens with zero attached hydrogens (tertiary/aromatic N) is 2. The molecule has 0 aliphatic heterocycles. The number of hydrogen-bond donors (Lipinski definition) is 0. The summed E-state index contributed by atoms with van der Waals surface area (Å²) in [4.78, 5) is 17.5. The van der Waals surface area contributed by atoms with Crippen molar-refractivity contribution in [1.82, 2.24) is 9.29 Å². The molecule has 0 spiro atoms. The van der Waals surface area contributed by atoms with E-state index in [-0.39, 0.29) is 16.4 Å². The maximum atomic E-state index is 12.9. The summed E-state index contributed by atoms with van der Waals surface area (Å²) in [7, 11) is -0.802. The van der Waals surface area contributed by atoms with Crippen LogP contribution in [0, 0.1) is 0 Å². The van der Waals surface area contributed by atoms with Gasteiger partial charge in [-0.3, -0.25) is 4.98 Å². The molecule has 1 aromatic heterocycles. The van der Waals surface area contributed by atoms with Crippen LogP contribution in [0.3, 0.4) is 0 Å². The highest BCUT2D eigenvalue weighted by Gasteiger charge is 2.20. The number of fused-ring (bicyclic) bond motifs is 1. The monoisotopic (exact) mass is 508 g/mol. The normalized spacial score (nSPS) is 11.9. The number of aromatic nitrogens is 1. The van der Waals surface area contributed by atoms with E-state index >= 15 is 0 Å². The number of pyridine rings is 1. The molecular formula is C27H25ClN2O4S. The second-order valence-electron chi connectivity index (χ2n) is 8.61. The highest BCUT2D eigenvalue weighted by molar-refractivity contribution is 7.89. The van der Waals surface area contributed by atoms with Gasteiger partial charge in [0.15, 0.2) is 0 Å². The van der Waals surface area contributed by atoms with Crippen molar-refractivity contribution in [3.8, 4) is 16.9 Å². The zero-order valence-electron chi connectivity index (χ0n) is 19.8. The molecule has 4 rings (SSSR count). The van der Waals surface area contributed by atoms with E-state index in [9.17, 15) is 13.2 Å². The van der Waals surface area contributed by atoms with Crippen molar-refractivity contribution in [2.45, 2.75) is 24.7 Å². The van der Waals surface area contributed by atoms with Crippen LogP contribution in [0.1, 0.15) is 35.7 Å². The molecule has 0 fully saturated rings. The van der Waals surface area contributed by atoms with Crippen LogP contribution in [0.15, 0.2) is 77.8 Å². The second-order valence-corrected chi connectivity index (χ2v) is 11.2. The average Bonchev–Trinajstić information content (AvgIpc) is 2.83. The Bertz CT molecular complexity index is 1530. The fourth-order valence-electron chi connectivity index (χ4n) is 3.84. The third-order valence-electron chi connectivity index (χ3n) is 5.68. The lowest BCUT2D eigenvalue weighted by Gasteiger charge is -2.17. The van der Waals surface area contributed by atoms with Gasteiger partial charge in [0.25, 0.3) is 0 Å². The minimum Gasteiger partial charge on any atom is -0.423 e. The first-order valence-corrected chi connectivity index (χ1v) is 12.8. The summed E-state index contributed by atoms with van der Waals surface area (Å²) in [6, 6.07) is 18.7. The van der Waals surface area contributed by atoms with E-state index in [4.69, 9.17) is 16.3 Å². The Morgan fingerprint density at radius 1 is 1.00 bits per heavy atom. The van der Waals surface area contributed by atoms with Crippen molar-refractivity contribution < 1.29 is 17.9 Å². The number of esters is 1. The molecule has 0 amide bonds. The molecule has 3 aromatic carbocycles. The van der Waals surface area contributed by atoms with Crippen LogP contribution in [0.4, 0.5) is 0 Å². The van der Waals surface area contributed by atoms with Crippen molar-refractivity contribution in [3.63, 3.8) is 0 Å². The van der Waals surface area contributed by atoms with E-state index in [1.54, 1.807) is 18.2 Å². The SMILES string of the molecule is CC(C)c1cnc2c(Cl)cccc2c1-c1cccc(OC(=O)c2cccc(S(=O)(=O)N(C)C)c2)c1. The van der Waals surface area contributed by atoms with E-state index in [0.29, 0.717) is 16.3 Å². The van der Waals surface area contributed by atoms with E-state index in [1.165, 1.54) is 38.4 Å². The molecule has 1 heterocycles. The summed E-state index contributed by atoms with van der Waals surface area (Å²) < 4.78 is 31.6.